The number of nitrogens with one attached hydrogen (secondary N) is 1. The summed E-state index contributed by atoms with van der Waals surface area (Å²) in [6.07, 6.45) is -0.446. The van der Waals surface area contributed by atoms with Gasteiger partial charge in [0.1, 0.15) is 5.82 Å². The van der Waals surface area contributed by atoms with E-state index in [0.717, 1.165) is 17.8 Å². The summed E-state index contributed by atoms with van der Waals surface area (Å²) in [7, 11) is 0. The number of aromatic nitrogens is 2. The lowest BCUT2D eigenvalue weighted by atomic mass is 10.2. The summed E-state index contributed by atoms with van der Waals surface area (Å²) in [5, 5.41) is 2.80. The Morgan fingerprint density at radius 3 is 2.47 bits per heavy atom. The van der Waals surface area contributed by atoms with Crippen LogP contribution in [0.25, 0.3) is 0 Å². The van der Waals surface area contributed by atoms with Gasteiger partial charge >= 0.3 is 6.18 Å². The Bertz CT molecular complexity index is 558. The van der Waals surface area contributed by atoms with Crippen LogP contribution in [-0.2, 0) is 12.7 Å². The third-order valence-electron chi connectivity index (χ3n) is 2.38. The van der Waals surface area contributed by atoms with Crippen molar-refractivity contribution in [1.29, 1.82) is 0 Å². The van der Waals surface area contributed by atoms with Gasteiger partial charge in [0.2, 0.25) is 0 Å². The molecule has 2 aromatic heterocycles. The fourth-order valence-corrected chi connectivity index (χ4v) is 1.64. The van der Waals surface area contributed by atoms with Gasteiger partial charge in [0.25, 0.3) is 0 Å². The van der Waals surface area contributed by atoms with E-state index in [2.05, 4.69) is 15.3 Å². The summed E-state index contributed by atoms with van der Waals surface area (Å²) >= 11 is 5.76. The highest BCUT2D eigenvalue weighted by Gasteiger charge is 2.31. The number of nitrogens with zero attached hydrogens (tertiary/aromatic N) is 2. The molecule has 0 aromatic carbocycles. The molecule has 0 unspecified atom stereocenters. The molecule has 0 aliphatic rings. The lowest BCUT2D eigenvalue weighted by Gasteiger charge is -2.10. The average Bonchev–Trinajstić information content (AvgIpc) is 2.37. The first-order valence-electron chi connectivity index (χ1n) is 5.32. The molecule has 2 heterocycles. The van der Waals surface area contributed by atoms with E-state index >= 15 is 0 Å². The van der Waals surface area contributed by atoms with Crippen LogP contribution in [0.15, 0.2) is 36.8 Å². The summed E-state index contributed by atoms with van der Waals surface area (Å²) in [6, 6.07) is 4.42. The molecule has 3 nitrogen and oxygen atoms in total. The van der Waals surface area contributed by atoms with Crippen LogP contribution in [0.2, 0.25) is 5.02 Å². The molecule has 0 saturated carbocycles. The summed E-state index contributed by atoms with van der Waals surface area (Å²) in [4.78, 5) is 7.54. The highest BCUT2D eigenvalue weighted by molar-refractivity contribution is 6.32. The molecule has 0 fully saturated rings. The molecule has 0 atom stereocenters. The van der Waals surface area contributed by atoms with Crippen LogP contribution in [0.5, 0.6) is 0 Å². The minimum Gasteiger partial charge on any atom is -0.365 e. The zero-order chi connectivity index (χ0) is 13.9. The topological polar surface area (TPSA) is 37.8 Å². The lowest BCUT2D eigenvalue weighted by molar-refractivity contribution is -0.137. The smallest absolute Gasteiger partial charge is 0.365 e. The van der Waals surface area contributed by atoms with Crippen LogP contribution in [0, 0.1) is 0 Å². The Kier molecular flexibility index (Phi) is 3.90. The number of pyridine rings is 2. The second kappa shape index (κ2) is 5.44. The van der Waals surface area contributed by atoms with E-state index in [1.807, 2.05) is 0 Å². The predicted octanol–water partition coefficient (Wildman–Crippen LogP) is 3.76. The summed E-state index contributed by atoms with van der Waals surface area (Å²) < 4.78 is 37.3. The normalized spacial score (nSPS) is 11.4. The van der Waals surface area contributed by atoms with Crippen molar-refractivity contribution in [2.45, 2.75) is 12.7 Å². The van der Waals surface area contributed by atoms with Gasteiger partial charge in [0.05, 0.1) is 10.6 Å². The summed E-state index contributed by atoms with van der Waals surface area (Å²) in [5.74, 6) is 0.214. The molecule has 100 valence electrons. The van der Waals surface area contributed by atoms with Gasteiger partial charge < -0.3 is 5.32 Å². The number of hydrogen-bond acceptors (Lipinski definition) is 3. The van der Waals surface area contributed by atoms with Crippen molar-refractivity contribution < 1.29 is 13.2 Å². The van der Waals surface area contributed by atoms with E-state index < -0.39 is 11.7 Å². The molecule has 0 bridgehead atoms. The first-order chi connectivity index (χ1) is 8.97. The van der Waals surface area contributed by atoms with Gasteiger partial charge in [-0.2, -0.15) is 13.2 Å². The predicted molar refractivity (Wildman–Crippen MR) is 65.8 cm³/mol. The van der Waals surface area contributed by atoms with Gasteiger partial charge in [-0.3, -0.25) is 4.98 Å². The standard InChI is InChI=1S/C12H9ClF3N3/c13-10-5-9(12(14,15)16)7-19-11(10)18-6-8-1-3-17-4-2-8/h1-5,7H,6H2,(H,18,19). The van der Waals surface area contributed by atoms with Gasteiger partial charge in [0.15, 0.2) is 0 Å². The van der Waals surface area contributed by atoms with Crippen LogP contribution >= 0.6 is 11.6 Å². The monoisotopic (exact) mass is 287 g/mol. The molecular formula is C12H9ClF3N3. The third-order valence-corrected chi connectivity index (χ3v) is 2.67. The van der Waals surface area contributed by atoms with Crippen LogP contribution < -0.4 is 5.32 Å². The Morgan fingerprint density at radius 1 is 1.21 bits per heavy atom. The Morgan fingerprint density at radius 2 is 1.89 bits per heavy atom. The Balaban J connectivity index is 2.10. The molecular weight excluding hydrogens is 279 g/mol. The zero-order valence-electron chi connectivity index (χ0n) is 9.58. The fraction of sp³-hybridized carbons (Fsp3) is 0.167. The molecule has 7 heteroatoms. The van der Waals surface area contributed by atoms with Gasteiger partial charge in [-0.1, -0.05) is 11.6 Å². The molecule has 19 heavy (non-hydrogen) atoms. The Hall–Kier alpha value is -1.82. The van der Waals surface area contributed by atoms with Crippen molar-refractivity contribution in [3.05, 3.63) is 52.9 Å². The molecule has 0 aliphatic heterocycles. The number of alkyl halides is 3. The van der Waals surface area contributed by atoms with Crippen LogP contribution in [0.1, 0.15) is 11.1 Å². The van der Waals surface area contributed by atoms with Crippen LogP contribution in [0.3, 0.4) is 0 Å². The average molecular weight is 288 g/mol. The van der Waals surface area contributed by atoms with E-state index in [9.17, 15) is 13.2 Å². The fourth-order valence-electron chi connectivity index (χ4n) is 1.41. The third kappa shape index (κ3) is 3.57. The molecule has 0 aliphatic carbocycles. The quantitative estimate of drug-likeness (QED) is 0.934. The summed E-state index contributed by atoms with van der Waals surface area (Å²) in [6.45, 7) is 0.403. The minimum absolute atomic E-state index is 0.0659. The highest BCUT2D eigenvalue weighted by Crippen LogP contribution is 2.32. The number of anilines is 1. The van der Waals surface area contributed by atoms with Gasteiger partial charge in [-0.25, -0.2) is 4.98 Å². The lowest BCUT2D eigenvalue weighted by Crippen LogP contribution is -2.08. The zero-order valence-corrected chi connectivity index (χ0v) is 10.3. The van der Waals surface area contributed by atoms with Crippen LogP contribution in [-0.4, -0.2) is 9.97 Å². The van der Waals surface area contributed by atoms with Crippen LogP contribution in [0.4, 0.5) is 19.0 Å². The molecule has 0 spiro atoms. The molecule has 0 amide bonds. The SMILES string of the molecule is FC(F)(F)c1cnc(NCc2ccncc2)c(Cl)c1. The van der Waals surface area contributed by atoms with Crippen molar-refractivity contribution in [3.63, 3.8) is 0 Å². The van der Waals surface area contributed by atoms with Crippen molar-refractivity contribution in [1.82, 2.24) is 9.97 Å². The van der Waals surface area contributed by atoms with Gasteiger partial charge in [0, 0.05) is 25.1 Å². The van der Waals surface area contributed by atoms with E-state index in [0.29, 0.717) is 6.54 Å². The van der Waals surface area contributed by atoms with E-state index in [-0.39, 0.29) is 10.8 Å². The Labute approximate surface area is 112 Å². The van der Waals surface area contributed by atoms with Crippen molar-refractivity contribution >= 4 is 17.4 Å². The second-order valence-electron chi connectivity index (χ2n) is 3.76. The first kappa shape index (κ1) is 13.6. The van der Waals surface area contributed by atoms with Crippen molar-refractivity contribution in [3.8, 4) is 0 Å². The number of rotatable bonds is 3. The molecule has 1 N–H and O–H groups in total. The highest BCUT2D eigenvalue weighted by atomic mass is 35.5. The van der Waals surface area contributed by atoms with E-state index in [4.69, 9.17) is 11.6 Å². The molecule has 0 radical (unpaired) electrons. The number of halogens is 4. The minimum atomic E-state index is -4.44. The molecule has 2 rings (SSSR count). The largest absolute Gasteiger partial charge is 0.417 e. The maximum atomic E-state index is 12.4. The number of hydrogen-bond donors (Lipinski definition) is 1. The van der Waals surface area contributed by atoms with Gasteiger partial charge in [-0.05, 0) is 23.8 Å². The first-order valence-corrected chi connectivity index (χ1v) is 5.70. The maximum absolute atomic E-state index is 12.4. The molecule has 2 aromatic rings. The molecule has 0 saturated heterocycles. The van der Waals surface area contributed by atoms with Crippen molar-refractivity contribution in [2.24, 2.45) is 0 Å². The summed E-state index contributed by atoms with van der Waals surface area (Å²) in [5.41, 5.74) is 0.0553. The van der Waals surface area contributed by atoms with Crippen molar-refractivity contribution in [2.75, 3.05) is 5.32 Å². The maximum Gasteiger partial charge on any atom is 0.417 e. The van der Waals surface area contributed by atoms with E-state index in [1.165, 1.54) is 0 Å². The van der Waals surface area contributed by atoms with Gasteiger partial charge in [-0.15, -0.1) is 0 Å². The van der Waals surface area contributed by atoms with E-state index in [1.54, 1.807) is 24.5 Å². The second-order valence-corrected chi connectivity index (χ2v) is 4.17.